The molecule has 1 N–H and O–H groups in total. The molecule has 38 heavy (non-hydrogen) atoms. The minimum absolute atomic E-state index is 0.0265. The van der Waals surface area contributed by atoms with Crippen LogP contribution in [0.2, 0.25) is 5.02 Å². The second-order valence-corrected chi connectivity index (χ2v) is 10.5. The predicted molar refractivity (Wildman–Crippen MR) is 132 cm³/mol. The number of hydrogen-bond acceptors (Lipinski definition) is 5. The maximum Gasteiger partial charge on any atom is 0.347 e. The third-order valence-corrected chi connectivity index (χ3v) is 8.49. The minimum Gasteiger partial charge on any atom is -0.505 e. The van der Waals surface area contributed by atoms with Crippen molar-refractivity contribution in [1.82, 2.24) is 13.9 Å². The van der Waals surface area contributed by atoms with Crippen LogP contribution in [0.25, 0.3) is 0 Å². The van der Waals surface area contributed by atoms with Crippen LogP contribution in [-0.2, 0) is 23.2 Å². The number of amides is 2. The highest BCUT2D eigenvalue weighted by Crippen LogP contribution is 2.61. The summed E-state index contributed by atoms with van der Waals surface area (Å²) in [6, 6.07) is 6.50. The zero-order valence-electron chi connectivity index (χ0n) is 20.2. The molecule has 2 aromatic carbocycles. The van der Waals surface area contributed by atoms with Gasteiger partial charge in [0.15, 0.2) is 11.6 Å². The Bertz CT molecular complexity index is 1720. The average molecular weight is 543 g/mol. The summed E-state index contributed by atoms with van der Waals surface area (Å²) in [4.78, 5) is 54.7. The van der Waals surface area contributed by atoms with Gasteiger partial charge in [-0.2, -0.15) is 0 Å². The number of fused-ring (bicyclic) bond motifs is 4. The lowest BCUT2D eigenvalue weighted by Crippen LogP contribution is -2.49. The topological polar surface area (TPSA) is 107 Å². The molecule has 2 aliphatic heterocycles. The van der Waals surface area contributed by atoms with Crippen molar-refractivity contribution in [2.45, 2.75) is 31.8 Å². The number of carbonyl (C=O) groups excluding carboxylic acids is 2. The highest BCUT2D eigenvalue weighted by molar-refractivity contribution is 6.31. The summed E-state index contributed by atoms with van der Waals surface area (Å²) in [6.07, 6.45) is 1.76. The van der Waals surface area contributed by atoms with Gasteiger partial charge in [-0.3, -0.25) is 9.59 Å². The summed E-state index contributed by atoms with van der Waals surface area (Å²) in [5, 5.41) is 9.54. The van der Waals surface area contributed by atoms with Gasteiger partial charge in [-0.1, -0.05) is 23.7 Å². The van der Waals surface area contributed by atoms with E-state index in [0.29, 0.717) is 11.1 Å². The standard InChI is InChI=1S/C26H21ClF2N4O5/c1-26-15(22(35)32(23(26)36)13-4-5-17(28)16(27)10-13)11-19-14(21(26)12-3-6-20(34)18(29)9-12)7-8-31-24(37)30(2)25(38)33(19)31/h3-7,9-10,15,19,21,34H,8,11H2,1-2H3/t15-,19+,21-,26+/m0/s1. The minimum atomic E-state index is -1.43. The maximum atomic E-state index is 14.6. The zero-order chi connectivity index (χ0) is 27.3. The number of benzene rings is 2. The Kier molecular flexibility index (Phi) is 5.13. The molecule has 0 spiro atoms. The van der Waals surface area contributed by atoms with Gasteiger partial charge < -0.3 is 5.11 Å². The van der Waals surface area contributed by atoms with E-state index in [-0.39, 0.29) is 23.7 Å². The van der Waals surface area contributed by atoms with Crippen molar-refractivity contribution in [2.24, 2.45) is 18.4 Å². The number of phenolic OH excluding ortho intramolecular Hbond substituents is 1. The third kappa shape index (κ3) is 3.02. The first-order chi connectivity index (χ1) is 18.0. The summed E-state index contributed by atoms with van der Waals surface area (Å²) < 4.78 is 32.0. The molecule has 0 unspecified atom stereocenters. The molecule has 0 bridgehead atoms. The molecule has 12 heteroatoms. The third-order valence-electron chi connectivity index (χ3n) is 8.20. The number of carbonyl (C=O) groups is 2. The lowest BCUT2D eigenvalue weighted by Gasteiger charge is -2.47. The first-order valence-electron chi connectivity index (χ1n) is 11.9. The van der Waals surface area contributed by atoms with Crippen molar-refractivity contribution in [3.8, 4) is 5.75 Å². The Morgan fingerprint density at radius 3 is 2.45 bits per heavy atom. The molecule has 2 amide bonds. The van der Waals surface area contributed by atoms with E-state index in [0.717, 1.165) is 21.6 Å². The van der Waals surface area contributed by atoms with Crippen LogP contribution in [0, 0.1) is 23.0 Å². The van der Waals surface area contributed by atoms with E-state index in [2.05, 4.69) is 0 Å². The highest BCUT2D eigenvalue weighted by Gasteiger charge is 2.65. The largest absolute Gasteiger partial charge is 0.505 e. The molecule has 6 rings (SSSR count). The summed E-state index contributed by atoms with van der Waals surface area (Å²) in [5.74, 6) is -5.22. The molecule has 1 aliphatic carbocycles. The molecule has 1 aromatic heterocycles. The van der Waals surface area contributed by atoms with Crippen molar-refractivity contribution >= 4 is 29.1 Å². The van der Waals surface area contributed by atoms with Crippen molar-refractivity contribution in [2.75, 3.05) is 4.90 Å². The van der Waals surface area contributed by atoms with Gasteiger partial charge in [-0.15, -0.1) is 0 Å². The number of anilines is 1. The highest BCUT2D eigenvalue weighted by atomic mass is 35.5. The van der Waals surface area contributed by atoms with Crippen LogP contribution in [0.1, 0.15) is 30.9 Å². The number of imide groups is 1. The Balaban J connectivity index is 1.59. The molecule has 0 radical (unpaired) electrons. The fraction of sp³-hybridized carbons (Fsp3) is 0.308. The molecule has 1 saturated carbocycles. The van der Waals surface area contributed by atoms with Crippen molar-refractivity contribution in [1.29, 1.82) is 0 Å². The van der Waals surface area contributed by atoms with Gasteiger partial charge in [0, 0.05) is 13.0 Å². The second-order valence-electron chi connectivity index (χ2n) is 10.1. The van der Waals surface area contributed by atoms with E-state index < -0.39 is 63.9 Å². The molecule has 1 saturated heterocycles. The number of hydrogen-bond donors (Lipinski definition) is 1. The normalized spacial score (nSPS) is 26.2. The number of rotatable bonds is 2. The Morgan fingerprint density at radius 1 is 1.03 bits per heavy atom. The molecular formula is C26H21ClF2N4O5. The summed E-state index contributed by atoms with van der Waals surface area (Å²) in [7, 11) is 1.35. The van der Waals surface area contributed by atoms with Gasteiger partial charge >= 0.3 is 11.4 Å². The number of phenols is 1. The van der Waals surface area contributed by atoms with Crippen LogP contribution in [0.4, 0.5) is 14.5 Å². The molecule has 3 aliphatic rings. The van der Waals surface area contributed by atoms with Gasteiger partial charge in [-0.05, 0) is 54.8 Å². The van der Waals surface area contributed by atoms with E-state index in [1.54, 1.807) is 13.0 Å². The number of halogens is 3. The van der Waals surface area contributed by atoms with E-state index >= 15 is 0 Å². The number of nitrogens with zero attached hydrogens (tertiary/aromatic N) is 4. The Labute approximate surface area is 218 Å². The Morgan fingerprint density at radius 2 is 1.76 bits per heavy atom. The van der Waals surface area contributed by atoms with Gasteiger partial charge in [0.1, 0.15) is 5.82 Å². The molecule has 3 heterocycles. The maximum absolute atomic E-state index is 14.6. The predicted octanol–water partition coefficient (Wildman–Crippen LogP) is 2.85. The van der Waals surface area contributed by atoms with Gasteiger partial charge in [0.05, 0.1) is 34.6 Å². The fourth-order valence-electron chi connectivity index (χ4n) is 6.34. The first kappa shape index (κ1) is 24.4. The second kappa shape index (κ2) is 8.00. The SMILES string of the molecule is Cn1c(=O)n2n(c1=O)[C@@H]1C[C@H]3C(=O)N(c4ccc(F)c(Cl)c4)C(=O)[C@@]3(C)[C@@H](c3ccc(O)c(F)c3)C1=CC2. The van der Waals surface area contributed by atoms with Crippen molar-refractivity contribution in [3.05, 3.63) is 91.2 Å². The molecule has 2 fully saturated rings. The van der Waals surface area contributed by atoms with Crippen molar-refractivity contribution < 1.29 is 23.5 Å². The molecule has 4 atom stereocenters. The monoisotopic (exact) mass is 542 g/mol. The van der Waals surface area contributed by atoms with Gasteiger partial charge in [0.25, 0.3) is 0 Å². The van der Waals surface area contributed by atoms with Crippen LogP contribution >= 0.6 is 11.6 Å². The molecule has 3 aromatic rings. The van der Waals surface area contributed by atoms with E-state index in [1.807, 2.05) is 0 Å². The van der Waals surface area contributed by atoms with Gasteiger partial charge in [-0.25, -0.2) is 37.2 Å². The van der Waals surface area contributed by atoms with Crippen molar-refractivity contribution in [3.63, 3.8) is 0 Å². The van der Waals surface area contributed by atoms with E-state index in [1.165, 1.54) is 40.7 Å². The Hall–Kier alpha value is -3.99. The van der Waals surface area contributed by atoms with Crippen LogP contribution in [0.3, 0.4) is 0 Å². The summed E-state index contributed by atoms with van der Waals surface area (Å²) >= 11 is 5.95. The van der Waals surface area contributed by atoms with Gasteiger partial charge in [0.2, 0.25) is 11.8 Å². The summed E-state index contributed by atoms with van der Waals surface area (Å²) in [5.41, 5.74) is -1.54. The van der Waals surface area contributed by atoms with Crippen LogP contribution < -0.4 is 16.3 Å². The lowest BCUT2D eigenvalue weighted by atomic mass is 9.56. The first-order valence-corrected chi connectivity index (χ1v) is 12.2. The fourth-order valence-corrected chi connectivity index (χ4v) is 6.51. The van der Waals surface area contributed by atoms with Crippen LogP contribution in [0.5, 0.6) is 5.75 Å². The zero-order valence-corrected chi connectivity index (χ0v) is 20.9. The van der Waals surface area contributed by atoms with Crippen LogP contribution in [0.15, 0.2) is 57.6 Å². The quantitative estimate of drug-likeness (QED) is 0.396. The van der Waals surface area contributed by atoms with E-state index in [4.69, 9.17) is 11.6 Å². The number of aromatic nitrogens is 3. The summed E-state index contributed by atoms with van der Waals surface area (Å²) in [6.45, 7) is 1.66. The smallest absolute Gasteiger partial charge is 0.347 e. The molecule has 9 nitrogen and oxygen atoms in total. The van der Waals surface area contributed by atoms with E-state index in [9.17, 15) is 33.1 Å². The average Bonchev–Trinajstić information content (AvgIpc) is 3.22. The van der Waals surface area contributed by atoms with Crippen LogP contribution in [-0.4, -0.2) is 30.9 Å². The molecule has 196 valence electrons. The number of aromatic hydroxyl groups is 1. The molecular weight excluding hydrogens is 522 g/mol. The lowest BCUT2D eigenvalue weighted by molar-refractivity contribution is -0.129. The number of allylic oxidation sites excluding steroid dienone is 2.